The van der Waals surface area contributed by atoms with Gasteiger partial charge in [-0.25, -0.2) is 0 Å². The Labute approximate surface area is 201 Å². The van der Waals surface area contributed by atoms with Gasteiger partial charge in [0, 0.05) is 11.8 Å². The lowest BCUT2D eigenvalue weighted by Gasteiger charge is -2.26. The summed E-state index contributed by atoms with van der Waals surface area (Å²) < 4.78 is 2.51. The summed E-state index contributed by atoms with van der Waals surface area (Å²) in [5, 5.41) is 7.74. The summed E-state index contributed by atoms with van der Waals surface area (Å²) in [6.07, 6.45) is 0. The van der Waals surface area contributed by atoms with E-state index >= 15 is 0 Å². The van der Waals surface area contributed by atoms with Crippen molar-refractivity contribution in [2.75, 3.05) is 13.1 Å². The smallest absolute Gasteiger partial charge is 0.271 e. The minimum absolute atomic E-state index is 0.305. The third-order valence-corrected chi connectivity index (χ3v) is 7.23. The quantitative estimate of drug-likeness (QED) is 0.411. The second-order valence-corrected chi connectivity index (χ2v) is 9.35. The van der Waals surface area contributed by atoms with Gasteiger partial charge in [-0.15, -0.1) is 0 Å². The molecule has 2 aliphatic rings. The topological polar surface area (TPSA) is 27.1 Å². The Morgan fingerprint density at radius 1 is 0.471 bits per heavy atom. The van der Waals surface area contributed by atoms with E-state index in [2.05, 4.69) is 137 Å². The molecule has 0 amide bonds. The zero-order valence-corrected chi connectivity index (χ0v) is 19.2. The highest BCUT2D eigenvalue weighted by atomic mass is 15.4. The summed E-state index contributed by atoms with van der Waals surface area (Å²) >= 11 is 0. The van der Waals surface area contributed by atoms with Gasteiger partial charge in [-0.2, -0.15) is 0 Å². The van der Waals surface area contributed by atoms with E-state index in [1.807, 2.05) is 0 Å². The summed E-state index contributed by atoms with van der Waals surface area (Å²) in [5.74, 6) is 1.78. The van der Waals surface area contributed by atoms with Crippen LogP contribution in [0.1, 0.15) is 34.1 Å². The molecular formula is C31H30N3+. The molecular weight excluding hydrogens is 414 g/mol. The minimum atomic E-state index is 0.305. The molecule has 2 heterocycles. The highest BCUT2D eigenvalue weighted by Crippen LogP contribution is 2.33. The fraction of sp³-hybridized carbons (Fsp3) is 0.194. The summed E-state index contributed by atoms with van der Waals surface area (Å²) in [6.45, 7) is 1.98. The number of guanidine groups is 1. The summed E-state index contributed by atoms with van der Waals surface area (Å²) in [5.41, 5.74) is 5.43. The molecule has 6 rings (SSSR count). The molecule has 0 unspecified atom stereocenters. The first-order valence-electron chi connectivity index (χ1n) is 12.2. The number of rotatable bonds is 6. The average Bonchev–Trinajstić information content (AvgIpc) is 3.46. The van der Waals surface area contributed by atoms with Crippen molar-refractivity contribution in [3.05, 3.63) is 144 Å². The van der Waals surface area contributed by atoms with Gasteiger partial charge in [0.2, 0.25) is 0 Å². The molecule has 34 heavy (non-hydrogen) atoms. The van der Waals surface area contributed by atoms with Crippen molar-refractivity contribution in [1.82, 2.24) is 10.6 Å². The fourth-order valence-electron chi connectivity index (χ4n) is 5.73. The molecule has 3 nitrogen and oxygen atoms in total. The fourth-order valence-corrected chi connectivity index (χ4v) is 5.73. The Balaban J connectivity index is 1.25. The van der Waals surface area contributed by atoms with Crippen LogP contribution in [0.3, 0.4) is 0 Å². The Morgan fingerprint density at radius 3 is 1.03 bits per heavy atom. The highest BCUT2D eigenvalue weighted by molar-refractivity contribution is 5.78. The van der Waals surface area contributed by atoms with Crippen molar-refractivity contribution in [2.45, 2.75) is 23.9 Å². The van der Waals surface area contributed by atoms with E-state index in [0.29, 0.717) is 23.9 Å². The normalized spacial score (nSPS) is 19.2. The zero-order valence-electron chi connectivity index (χ0n) is 19.2. The molecule has 0 aromatic heterocycles. The molecule has 0 aliphatic carbocycles. The van der Waals surface area contributed by atoms with Crippen LogP contribution in [0.15, 0.2) is 121 Å². The van der Waals surface area contributed by atoms with Crippen molar-refractivity contribution in [1.29, 1.82) is 0 Å². The Bertz CT molecular complexity index is 1060. The van der Waals surface area contributed by atoms with E-state index in [9.17, 15) is 0 Å². The lowest BCUT2D eigenvalue weighted by molar-refractivity contribution is -0.515. The maximum Gasteiger partial charge on any atom is 0.346 e. The first-order valence-corrected chi connectivity index (χ1v) is 12.2. The molecule has 168 valence electrons. The van der Waals surface area contributed by atoms with Crippen molar-refractivity contribution >= 4 is 5.96 Å². The molecule has 0 spiro atoms. The summed E-state index contributed by atoms with van der Waals surface area (Å²) in [4.78, 5) is 0. The maximum atomic E-state index is 3.87. The van der Waals surface area contributed by atoms with Gasteiger partial charge in [-0.3, -0.25) is 15.2 Å². The number of hydrogen-bond acceptors (Lipinski definition) is 2. The number of nitrogens with one attached hydrogen (secondary N) is 2. The third kappa shape index (κ3) is 3.99. The van der Waals surface area contributed by atoms with Gasteiger partial charge in [0.15, 0.2) is 0 Å². The molecule has 0 radical (unpaired) electrons. The van der Waals surface area contributed by atoms with Gasteiger partial charge in [0.25, 0.3) is 0 Å². The highest BCUT2D eigenvalue weighted by Gasteiger charge is 2.44. The van der Waals surface area contributed by atoms with Crippen LogP contribution in [0.4, 0.5) is 0 Å². The third-order valence-electron chi connectivity index (χ3n) is 7.23. The predicted molar refractivity (Wildman–Crippen MR) is 138 cm³/mol. The molecule has 2 aliphatic heterocycles. The molecule has 0 saturated heterocycles. The lowest BCUT2D eigenvalue weighted by Crippen LogP contribution is -2.47. The monoisotopic (exact) mass is 444 g/mol. The predicted octanol–water partition coefficient (Wildman–Crippen LogP) is 4.96. The Hall–Kier alpha value is -3.85. The van der Waals surface area contributed by atoms with Crippen LogP contribution < -0.4 is 10.6 Å². The first-order chi connectivity index (χ1) is 16.9. The van der Waals surface area contributed by atoms with Gasteiger partial charge in [0.1, 0.15) is 25.2 Å². The van der Waals surface area contributed by atoms with Crippen LogP contribution >= 0.6 is 0 Å². The average molecular weight is 445 g/mol. The van der Waals surface area contributed by atoms with Gasteiger partial charge >= 0.3 is 5.96 Å². The Morgan fingerprint density at radius 2 is 0.765 bits per heavy atom. The van der Waals surface area contributed by atoms with Gasteiger partial charge in [-0.05, 0) is 22.3 Å². The summed E-state index contributed by atoms with van der Waals surface area (Å²) in [6, 6.07) is 44.2. The molecule has 3 heteroatoms. The maximum absolute atomic E-state index is 3.87. The molecule has 4 aromatic rings. The van der Waals surface area contributed by atoms with Gasteiger partial charge < -0.3 is 0 Å². The second kappa shape index (κ2) is 9.18. The molecule has 2 atom stereocenters. The van der Waals surface area contributed by atoms with E-state index in [1.165, 1.54) is 28.2 Å². The lowest BCUT2D eigenvalue weighted by atomic mass is 9.84. The second-order valence-electron chi connectivity index (χ2n) is 9.35. The molecule has 4 aromatic carbocycles. The van der Waals surface area contributed by atoms with E-state index in [-0.39, 0.29) is 0 Å². The van der Waals surface area contributed by atoms with Gasteiger partial charge in [-0.1, -0.05) is 121 Å². The number of benzene rings is 4. The van der Waals surface area contributed by atoms with Crippen molar-refractivity contribution in [2.24, 2.45) is 0 Å². The van der Waals surface area contributed by atoms with E-state index in [0.717, 1.165) is 13.1 Å². The SMILES string of the molecule is c1ccc(C(c2ccccc2)[C@@H]2C[N+]3=C(N2)N[C@H](C(c2ccccc2)c2ccccc2)C3)cc1. The first kappa shape index (κ1) is 20.7. The van der Waals surface area contributed by atoms with E-state index < -0.39 is 0 Å². The van der Waals surface area contributed by atoms with Crippen molar-refractivity contribution in [3.8, 4) is 0 Å². The largest absolute Gasteiger partial charge is 0.346 e. The van der Waals surface area contributed by atoms with Crippen molar-refractivity contribution < 1.29 is 4.58 Å². The van der Waals surface area contributed by atoms with Crippen LogP contribution in [0.5, 0.6) is 0 Å². The van der Waals surface area contributed by atoms with Crippen LogP contribution in [0.25, 0.3) is 0 Å². The van der Waals surface area contributed by atoms with Crippen molar-refractivity contribution in [3.63, 3.8) is 0 Å². The van der Waals surface area contributed by atoms with Crippen LogP contribution in [0.2, 0.25) is 0 Å². The standard InChI is InChI=1S/C31H29N3/c1-5-13-23(14-6-1)29(24-15-7-2-8-16-24)27-21-34-22-28(33-31(34)32-27)30(25-17-9-3-10-18-25)26-19-11-4-12-20-26/h1-20,27-30H,21-22H2,(H,32,33)/p+1/t27-,28-/m0/s1. The van der Waals surface area contributed by atoms with Gasteiger partial charge in [0.05, 0.1) is 0 Å². The molecule has 0 fully saturated rings. The van der Waals surface area contributed by atoms with E-state index in [4.69, 9.17) is 0 Å². The summed E-state index contributed by atoms with van der Waals surface area (Å²) in [7, 11) is 0. The zero-order chi connectivity index (χ0) is 22.7. The van der Waals surface area contributed by atoms with Crippen LogP contribution in [0, 0.1) is 0 Å². The minimum Gasteiger partial charge on any atom is -0.271 e. The Kier molecular flexibility index (Phi) is 5.60. The van der Waals surface area contributed by atoms with E-state index in [1.54, 1.807) is 0 Å². The molecule has 0 bridgehead atoms. The van der Waals surface area contributed by atoms with Crippen LogP contribution in [-0.4, -0.2) is 35.7 Å². The number of hydrogen-bond donors (Lipinski definition) is 2. The number of nitrogens with zero attached hydrogens (tertiary/aromatic N) is 1. The van der Waals surface area contributed by atoms with Crippen LogP contribution in [-0.2, 0) is 0 Å². The molecule has 2 N–H and O–H groups in total. The molecule has 0 saturated carbocycles.